The zero-order valence-electron chi connectivity index (χ0n) is 14.2. The maximum absolute atomic E-state index is 12.1. The number of aromatic nitrogens is 2. The fraction of sp³-hybridized carbons (Fsp3) is 0.176. The largest absolute Gasteiger partial charge is 0.351 e. The van der Waals surface area contributed by atoms with Crippen LogP contribution in [-0.4, -0.2) is 27.8 Å². The van der Waals surface area contributed by atoms with E-state index in [0.717, 1.165) is 11.1 Å². The van der Waals surface area contributed by atoms with Gasteiger partial charge in [0.1, 0.15) is 0 Å². The number of amides is 2. The van der Waals surface area contributed by atoms with Crippen molar-refractivity contribution >= 4 is 63.0 Å². The zero-order valence-corrected chi connectivity index (χ0v) is 17.4. The summed E-state index contributed by atoms with van der Waals surface area (Å²) in [6.45, 7) is 2.31. The van der Waals surface area contributed by atoms with E-state index < -0.39 is 0 Å². The summed E-state index contributed by atoms with van der Waals surface area (Å²) >= 11 is 9.94. The fourth-order valence-corrected chi connectivity index (χ4v) is 4.61. The minimum absolute atomic E-state index is 0.130. The number of thioether (sulfide) groups is 1. The molecule has 0 aliphatic carbocycles. The summed E-state index contributed by atoms with van der Waals surface area (Å²) in [6, 6.07) is 9.18. The van der Waals surface area contributed by atoms with Crippen molar-refractivity contribution < 1.29 is 9.59 Å². The highest BCUT2D eigenvalue weighted by Gasteiger charge is 2.13. The second kappa shape index (κ2) is 9.32. The lowest BCUT2D eigenvalue weighted by molar-refractivity contribution is -0.118. The van der Waals surface area contributed by atoms with Crippen LogP contribution in [0.1, 0.15) is 20.8 Å². The van der Waals surface area contributed by atoms with Crippen LogP contribution < -0.4 is 10.6 Å². The number of rotatable bonds is 7. The molecular weight excluding hydrogens is 424 g/mol. The number of aryl methyl sites for hydroxylation is 1. The van der Waals surface area contributed by atoms with Gasteiger partial charge in [0, 0.05) is 11.6 Å². The van der Waals surface area contributed by atoms with Crippen LogP contribution >= 0.6 is 46.0 Å². The highest BCUT2D eigenvalue weighted by Crippen LogP contribution is 2.26. The molecule has 6 nitrogen and oxygen atoms in total. The highest BCUT2D eigenvalue weighted by molar-refractivity contribution is 8.01. The Morgan fingerprint density at radius 1 is 1.26 bits per heavy atom. The van der Waals surface area contributed by atoms with Crippen molar-refractivity contribution in [3.63, 3.8) is 0 Å². The average molecular weight is 439 g/mol. The maximum atomic E-state index is 12.1. The number of benzene rings is 1. The van der Waals surface area contributed by atoms with Crippen LogP contribution in [0.3, 0.4) is 0 Å². The van der Waals surface area contributed by atoms with Crippen molar-refractivity contribution in [2.24, 2.45) is 0 Å². The Bertz CT molecular complexity index is 957. The van der Waals surface area contributed by atoms with Crippen LogP contribution in [0.5, 0.6) is 0 Å². The molecule has 0 aliphatic heterocycles. The summed E-state index contributed by atoms with van der Waals surface area (Å²) < 4.78 is 0.612. The Balaban J connectivity index is 1.45. The third-order valence-electron chi connectivity index (χ3n) is 3.34. The van der Waals surface area contributed by atoms with Gasteiger partial charge in [0.2, 0.25) is 11.0 Å². The van der Waals surface area contributed by atoms with E-state index in [1.807, 2.05) is 36.6 Å². The Hall–Kier alpha value is -1.94. The number of hydrogen-bond acceptors (Lipinski definition) is 7. The van der Waals surface area contributed by atoms with Crippen molar-refractivity contribution in [1.82, 2.24) is 15.5 Å². The van der Waals surface area contributed by atoms with Crippen LogP contribution in [0.15, 0.2) is 40.1 Å². The molecule has 0 unspecified atom stereocenters. The molecule has 2 heterocycles. The molecule has 1 aromatic carbocycles. The summed E-state index contributed by atoms with van der Waals surface area (Å²) in [4.78, 5) is 24.7. The van der Waals surface area contributed by atoms with Crippen LogP contribution in [0.4, 0.5) is 5.13 Å². The van der Waals surface area contributed by atoms with Gasteiger partial charge in [-0.3, -0.25) is 14.9 Å². The summed E-state index contributed by atoms with van der Waals surface area (Å²) in [5, 5.41) is 16.4. The second-order valence-corrected chi connectivity index (χ2v) is 8.99. The predicted octanol–water partition coefficient (Wildman–Crippen LogP) is 4.22. The molecular formula is C17H15ClN4O2S3. The average Bonchev–Trinajstić information content (AvgIpc) is 3.28. The molecule has 2 aromatic heterocycles. The molecule has 27 heavy (non-hydrogen) atoms. The number of carbonyl (C=O) groups excluding carboxylic acids is 2. The van der Waals surface area contributed by atoms with E-state index in [9.17, 15) is 9.59 Å². The molecule has 0 spiro atoms. The van der Waals surface area contributed by atoms with Crippen molar-refractivity contribution in [2.75, 3.05) is 11.1 Å². The third-order valence-corrected chi connectivity index (χ3v) is 6.73. The Kier molecular flexibility index (Phi) is 6.84. The topological polar surface area (TPSA) is 84.0 Å². The van der Waals surface area contributed by atoms with E-state index in [0.29, 0.717) is 25.9 Å². The molecule has 0 bridgehead atoms. The van der Waals surface area contributed by atoms with Crippen molar-refractivity contribution in [2.45, 2.75) is 17.8 Å². The summed E-state index contributed by atoms with van der Waals surface area (Å²) in [6.07, 6.45) is 0. The lowest BCUT2D eigenvalue weighted by atomic mass is 10.2. The molecule has 0 saturated heterocycles. The molecule has 3 rings (SSSR count). The van der Waals surface area contributed by atoms with E-state index in [4.69, 9.17) is 11.6 Å². The number of thiophene rings is 1. The van der Waals surface area contributed by atoms with Gasteiger partial charge in [-0.1, -0.05) is 52.9 Å². The van der Waals surface area contributed by atoms with Gasteiger partial charge in [-0.05, 0) is 35.6 Å². The normalized spacial score (nSPS) is 10.6. The summed E-state index contributed by atoms with van der Waals surface area (Å²) in [5.74, 6) is -0.134. The van der Waals surface area contributed by atoms with Gasteiger partial charge in [0.15, 0.2) is 4.34 Å². The number of anilines is 1. The van der Waals surface area contributed by atoms with Gasteiger partial charge in [-0.2, -0.15) is 0 Å². The van der Waals surface area contributed by atoms with Gasteiger partial charge < -0.3 is 5.32 Å². The molecule has 2 amide bonds. The van der Waals surface area contributed by atoms with E-state index in [-0.39, 0.29) is 17.6 Å². The second-order valence-electron chi connectivity index (χ2n) is 5.47. The lowest BCUT2D eigenvalue weighted by Gasteiger charge is -2.05. The van der Waals surface area contributed by atoms with E-state index in [1.54, 1.807) is 6.07 Å². The van der Waals surface area contributed by atoms with E-state index >= 15 is 0 Å². The van der Waals surface area contributed by atoms with Crippen molar-refractivity contribution in [3.05, 3.63) is 56.7 Å². The van der Waals surface area contributed by atoms with Crippen LogP contribution in [0.2, 0.25) is 5.02 Å². The van der Waals surface area contributed by atoms with Gasteiger partial charge in [-0.15, -0.1) is 21.5 Å². The number of halogens is 1. The first kappa shape index (κ1) is 19.8. The Labute approximate surface area is 173 Å². The first-order valence-electron chi connectivity index (χ1n) is 7.84. The van der Waals surface area contributed by atoms with Crippen molar-refractivity contribution in [3.8, 4) is 0 Å². The lowest BCUT2D eigenvalue weighted by Crippen LogP contribution is -2.24. The van der Waals surface area contributed by atoms with Gasteiger partial charge in [-0.25, -0.2) is 0 Å². The molecule has 0 atom stereocenters. The SMILES string of the molecule is Cc1csc(C(=O)Nc2nnc(SCC(=O)NCc3ccccc3Cl)s2)c1. The van der Waals surface area contributed by atoms with E-state index in [2.05, 4.69) is 20.8 Å². The number of hydrogen-bond donors (Lipinski definition) is 2. The quantitative estimate of drug-likeness (QED) is 0.426. The van der Waals surface area contributed by atoms with Gasteiger partial charge >= 0.3 is 0 Å². The van der Waals surface area contributed by atoms with Crippen LogP contribution in [-0.2, 0) is 11.3 Å². The molecule has 0 saturated carbocycles. The molecule has 10 heteroatoms. The molecule has 140 valence electrons. The first-order chi connectivity index (χ1) is 13.0. The molecule has 0 radical (unpaired) electrons. The molecule has 0 aliphatic rings. The Morgan fingerprint density at radius 2 is 2.07 bits per heavy atom. The van der Waals surface area contributed by atoms with Crippen molar-refractivity contribution in [1.29, 1.82) is 0 Å². The minimum atomic E-state index is -0.210. The summed E-state index contributed by atoms with van der Waals surface area (Å²) in [5.41, 5.74) is 1.91. The third kappa shape index (κ3) is 5.77. The fourth-order valence-electron chi connectivity index (χ4n) is 2.04. The summed E-state index contributed by atoms with van der Waals surface area (Å²) in [7, 11) is 0. The Morgan fingerprint density at radius 3 is 2.81 bits per heavy atom. The highest BCUT2D eigenvalue weighted by atomic mass is 35.5. The van der Waals surface area contributed by atoms with Crippen LogP contribution in [0, 0.1) is 6.92 Å². The first-order valence-corrected chi connectivity index (χ1v) is 10.9. The zero-order chi connectivity index (χ0) is 19.2. The van der Waals surface area contributed by atoms with Gasteiger partial charge in [0.05, 0.1) is 10.6 Å². The molecule has 2 N–H and O–H groups in total. The smallest absolute Gasteiger partial charge is 0.267 e. The molecule has 0 fully saturated rings. The number of carbonyl (C=O) groups is 2. The van der Waals surface area contributed by atoms with Gasteiger partial charge in [0.25, 0.3) is 5.91 Å². The standard InChI is InChI=1S/C17H15ClN4O2S3/c1-10-6-13(25-8-10)15(24)20-16-21-22-17(27-16)26-9-14(23)19-7-11-4-2-3-5-12(11)18/h2-6,8H,7,9H2,1H3,(H,19,23)(H,20,21,24). The maximum Gasteiger partial charge on any atom is 0.267 e. The predicted molar refractivity (Wildman–Crippen MR) is 111 cm³/mol. The number of nitrogens with one attached hydrogen (secondary N) is 2. The monoisotopic (exact) mass is 438 g/mol. The van der Waals surface area contributed by atoms with Crippen LogP contribution in [0.25, 0.3) is 0 Å². The van der Waals surface area contributed by atoms with E-state index in [1.165, 1.54) is 34.4 Å². The minimum Gasteiger partial charge on any atom is -0.351 e. The number of nitrogens with zero attached hydrogens (tertiary/aromatic N) is 2. The molecule has 3 aromatic rings.